The number of nitrogens with zero attached hydrogens (tertiary/aromatic N) is 1. The van der Waals surface area contributed by atoms with Gasteiger partial charge in [-0.3, -0.25) is 0 Å². The third-order valence-electron chi connectivity index (χ3n) is 4.79. The zero-order valence-corrected chi connectivity index (χ0v) is 13.3. The minimum Gasteiger partial charge on any atom is -0.191 e. The molecule has 0 saturated heterocycles. The molecule has 1 nitrogen and oxygen atoms in total. The number of benzene rings is 2. The van der Waals surface area contributed by atoms with E-state index in [1.165, 1.54) is 39.1 Å². The van der Waals surface area contributed by atoms with Crippen molar-refractivity contribution in [3.05, 3.63) is 77.5 Å². The summed E-state index contributed by atoms with van der Waals surface area (Å²) < 4.78 is 2.36. The highest BCUT2D eigenvalue weighted by atomic mass is 15.0. The van der Waals surface area contributed by atoms with Crippen LogP contribution in [0, 0.1) is 13.8 Å². The predicted octanol–water partition coefficient (Wildman–Crippen LogP) is 4.85. The highest BCUT2D eigenvalue weighted by molar-refractivity contribution is 5.76. The largest absolute Gasteiger partial charge is 0.213 e. The van der Waals surface area contributed by atoms with Crippen LogP contribution in [0.1, 0.15) is 29.7 Å². The van der Waals surface area contributed by atoms with Gasteiger partial charge in [0, 0.05) is 24.6 Å². The standard InChI is InChI=1S/C21H20N/c1-14-7-8-15(2)19(12-14)17-9-10-18-16(3)22-11-5-4-6-21(22)20(18)13-17/h4-13,16H,1-3H3/q+1. The second-order valence-electron chi connectivity index (χ2n) is 6.29. The fourth-order valence-corrected chi connectivity index (χ4v) is 3.53. The Kier molecular flexibility index (Phi) is 2.90. The first-order chi connectivity index (χ1) is 10.6. The van der Waals surface area contributed by atoms with Crippen LogP contribution in [0.4, 0.5) is 0 Å². The predicted molar refractivity (Wildman–Crippen MR) is 90.8 cm³/mol. The summed E-state index contributed by atoms with van der Waals surface area (Å²) in [5.41, 5.74) is 9.39. The quantitative estimate of drug-likeness (QED) is 0.563. The van der Waals surface area contributed by atoms with Crippen molar-refractivity contribution < 1.29 is 4.57 Å². The van der Waals surface area contributed by atoms with E-state index in [0.717, 1.165) is 0 Å². The molecule has 0 amide bonds. The van der Waals surface area contributed by atoms with Gasteiger partial charge in [0.25, 0.3) is 0 Å². The average molecular weight is 286 g/mol. The Morgan fingerprint density at radius 1 is 0.864 bits per heavy atom. The van der Waals surface area contributed by atoms with Gasteiger partial charge in [0.1, 0.15) is 0 Å². The molecule has 0 radical (unpaired) electrons. The molecule has 108 valence electrons. The van der Waals surface area contributed by atoms with Crippen molar-refractivity contribution >= 4 is 0 Å². The molecule has 1 aliphatic heterocycles. The maximum atomic E-state index is 2.36. The molecule has 22 heavy (non-hydrogen) atoms. The topological polar surface area (TPSA) is 3.88 Å². The summed E-state index contributed by atoms with van der Waals surface area (Å²) in [7, 11) is 0. The monoisotopic (exact) mass is 286 g/mol. The summed E-state index contributed by atoms with van der Waals surface area (Å²) >= 11 is 0. The Balaban J connectivity index is 1.93. The number of fused-ring (bicyclic) bond motifs is 3. The molecule has 1 atom stereocenters. The Bertz CT molecular complexity index is 877. The van der Waals surface area contributed by atoms with Crippen molar-refractivity contribution in [3.63, 3.8) is 0 Å². The lowest BCUT2D eigenvalue weighted by Crippen LogP contribution is -2.35. The molecule has 0 N–H and O–H groups in total. The molecule has 1 aliphatic rings. The van der Waals surface area contributed by atoms with Gasteiger partial charge in [-0.05, 0) is 42.7 Å². The Labute approximate surface area is 131 Å². The lowest BCUT2D eigenvalue weighted by molar-refractivity contribution is -0.694. The van der Waals surface area contributed by atoms with E-state index in [-0.39, 0.29) is 0 Å². The molecule has 4 rings (SSSR count). The highest BCUT2D eigenvalue weighted by Crippen LogP contribution is 2.36. The SMILES string of the molecule is Cc1ccc(C)c(-c2ccc3c(c2)-c2cccc[n+]2C3C)c1. The molecule has 0 aliphatic carbocycles. The van der Waals surface area contributed by atoms with Crippen LogP contribution in [0.2, 0.25) is 0 Å². The first-order valence-corrected chi connectivity index (χ1v) is 7.87. The summed E-state index contributed by atoms with van der Waals surface area (Å²) in [4.78, 5) is 0. The van der Waals surface area contributed by atoms with Crippen LogP contribution in [0.15, 0.2) is 60.8 Å². The third-order valence-corrected chi connectivity index (χ3v) is 4.79. The van der Waals surface area contributed by atoms with E-state index < -0.39 is 0 Å². The molecule has 1 unspecified atom stereocenters. The molecule has 0 spiro atoms. The van der Waals surface area contributed by atoms with Crippen molar-refractivity contribution in [2.75, 3.05) is 0 Å². The van der Waals surface area contributed by atoms with Crippen LogP contribution < -0.4 is 4.57 Å². The normalized spacial score (nSPS) is 15.5. The van der Waals surface area contributed by atoms with Gasteiger partial charge in [0.05, 0.1) is 5.56 Å². The zero-order valence-electron chi connectivity index (χ0n) is 13.3. The van der Waals surface area contributed by atoms with E-state index in [1.54, 1.807) is 0 Å². The average Bonchev–Trinajstić information content (AvgIpc) is 2.83. The molecular weight excluding hydrogens is 266 g/mol. The van der Waals surface area contributed by atoms with Crippen LogP contribution >= 0.6 is 0 Å². The Morgan fingerprint density at radius 3 is 2.59 bits per heavy atom. The second-order valence-corrected chi connectivity index (χ2v) is 6.29. The van der Waals surface area contributed by atoms with Gasteiger partial charge >= 0.3 is 0 Å². The van der Waals surface area contributed by atoms with E-state index in [0.29, 0.717) is 6.04 Å². The number of hydrogen-bond acceptors (Lipinski definition) is 0. The lowest BCUT2D eigenvalue weighted by Gasteiger charge is -2.09. The molecule has 1 aromatic heterocycles. The first kappa shape index (κ1) is 13.3. The van der Waals surface area contributed by atoms with Crippen molar-refractivity contribution in [2.45, 2.75) is 26.8 Å². The summed E-state index contributed by atoms with van der Waals surface area (Å²) in [5.74, 6) is 0. The van der Waals surface area contributed by atoms with Gasteiger partial charge in [-0.25, -0.2) is 0 Å². The van der Waals surface area contributed by atoms with E-state index in [1.807, 2.05) is 0 Å². The van der Waals surface area contributed by atoms with E-state index in [9.17, 15) is 0 Å². The number of pyridine rings is 1. The van der Waals surface area contributed by atoms with Crippen LogP contribution in [-0.4, -0.2) is 0 Å². The van der Waals surface area contributed by atoms with Gasteiger partial charge < -0.3 is 0 Å². The Hall–Kier alpha value is -2.41. The van der Waals surface area contributed by atoms with Crippen molar-refractivity contribution in [1.82, 2.24) is 0 Å². The number of aromatic nitrogens is 1. The summed E-state index contributed by atoms with van der Waals surface area (Å²) in [6, 6.07) is 20.5. The highest BCUT2D eigenvalue weighted by Gasteiger charge is 2.32. The molecule has 0 saturated carbocycles. The van der Waals surface area contributed by atoms with Gasteiger partial charge in [0.15, 0.2) is 12.2 Å². The molecule has 2 heterocycles. The maximum Gasteiger partial charge on any atom is 0.213 e. The van der Waals surface area contributed by atoms with Crippen molar-refractivity contribution in [3.8, 4) is 22.4 Å². The van der Waals surface area contributed by atoms with Crippen molar-refractivity contribution in [1.29, 1.82) is 0 Å². The molecule has 0 fully saturated rings. The van der Waals surface area contributed by atoms with Gasteiger partial charge in [0.2, 0.25) is 5.69 Å². The Morgan fingerprint density at radius 2 is 1.73 bits per heavy atom. The van der Waals surface area contributed by atoms with E-state index >= 15 is 0 Å². The fraction of sp³-hybridized carbons (Fsp3) is 0.190. The summed E-state index contributed by atoms with van der Waals surface area (Å²) in [6.07, 6.45) is 2.18. The minimum atomic E-state index is 0.416. The number of rotatable bonds is 1. The van der Waals surface area contributed by atoms with Crippen LogP contribution in [-0.2, 0) is 0 Å². The molecule has 0 bridgehead atoms. The molecular formula is C21H20N+. The zero-order chi connectivity index (χ0) is 15.3. The lowest BCUT2D eigenvalue weighted by atomic mass is 9.94. The molecule has 1 heteroatoms. The van der Waals surface area contributed by atoms with Gasteiger partial charge in [-0.15, -0.1) is 0 Å². The smallest absolute Gasteiger partial charge is 0.191 e. The van der Waals surface area contributed by atoms with E-state index in [4.69, 9.17) is 0 Å². The van der Waals surface area contributed by atoms with Gasteiger partial charge in [-0.2, -0.15) is 4.57 Å². The van der Waals surface area contributed by atoms with Crippen molar-refractivity contribution in [2.24, 2.45) is 0 Å². The van der Waals surface area contributed by atoms with Crippen LogP contribution in [0.5, 0.6) is 0 Å². The minimum absolute atomic E-state index is 0.416. The van der Waals surface area contributed by atoms with Crippen LogP contribution in [0.3, 0.4) is 0 Å². The van der Waals surface area contributed by atoms with E-state index in [2.05, 4.69) is 86.1 Å². The summed E-state index contributed by atoms with van der Waals surface area (Å²) in [5, 5.41) is 0. The first-order valence-electron chi connectivity index (χ1n) is 7.87. The fourth-order valence-electron chi connectivity index (χ4n) is 3.53. The molecule has 3 aromatic rings. The number of hydrogen-bond donors (Lipinski definition) is 0. The van der Waals surface area contributed by atoms with Crippen LogP contribution in [0.25, 0.3) is 22.4 Å². The molecule has 2 aromatic carbocycles. The maximum absolute atomic E-state index is 2.36. The summed E-state index contributed by atoms with van der Waals surface area (Å²) in [6.45, 7) is 6.61. The van der Waals surface area contributed by atoms with Gasteiger partial charge in [-0.1, -0.05) is 35.9 Å². The number of aryl methyl sites for hydroxylation is 2. The second kappa shape index (κ2) is 4.81. The third kappa shape index (κ3) is 1.89.